The van der Waals surface area contributed by atoms with E-state index in [1.54, 1.807) is 7.05 Å². The molecule has 2 saturated heterocycles. The van der Waals surface area contributed by atoms with Crippen molar-refractivity contribution in [2.24, 2.45) is 14.1 Å². The third-order valence-corrected chi connectivity index (χ3v) is 5.52. The second-order valence-electron chi connectivity index (χ2n) is 6.94. The van der Waals surface area contributed by atoms with Gasteiger partial charge in [-0.25, -0.2) is 9.59 Å². The molecule has 2 aliphatic heterocycles. The van der Waals surface area contributed by atoms with Gasteiger partial charge in [-0.15, -0.1) is 0 Å². The van der Waals surface area contributed by atoms with E-state index in [4.69, 9.17) is 0 Å². The van der Waals surface area contributed by atoms with E-state index < -0.39 is 0 Å². The van der Waals surface area contributed by atoms with Crippen LogP contribution >= 0.6 is 0 Å². The number of hydrogen-bond acceptors (Lipinski definition) is 4. The summed E-state index contributed by atoms with van der Waals surface area (Å²) in [5.41, 5.74) is 0.177. The molecule has 3 rings (SSSR count). The number of likely N-dealkylation sites (N-methyl/N-ethyl adjacent to an activating group) is 1. The first-order valence-corrected chi connectivity index (χ1v) is 8.96. The molecule has 0 aliphatic carbocycles. The number of rotatable bonds is 4. The van der Waals surface area contributed by atoms with Crippen LogP contribution in [0.2, 0.25) is 0 Å². The summed E-state index contributed by atoms with van der Waals surface area (Å²) in [7, 11) is 3.19. The van der Waals surface area contributed by atoms with Crippen LogP contribution in [-0.2, 0) is 20.6 Å². The predicted octanol–water partition coefficient (Wildman–Crippen LogP) is -0.194. The van der Waals surface area contributed by atoms with E-state index in [2.05, 4.69) is 4.90 Å². The Labute approximate surface area is 147 Å². The van der Waals surface area contributed by atoms with Crippen molar-refractivity contribution in [1.82, 2.24) is 23.8 Å². The van der Waals surface area contributed by atoms with E-state index in [1.165, 1.54) is 17.7 Å². The zero-order valence-electron chi connectivity index (χ0n) is 15.3. The number of urea groups is 1. The summed E-state index contributed by atoms with van der Waals surface area (Å²) in [6.45, 7) is 6.74. The van der Waals surface area contributed by atoms with Gasteiger partial charge in [0, 0.05) is 71.2 Å². The quantitative estimate of drug-likeness (QED) is 0.755. The summed E-state index contributed by atoms with van der Waals surface area (Å²) in [4.78, 5) is 42.4. The Morgan fingerprint density at radius 3 is 2.28 bits per heavy atom. The molecule has 25 heavy (non-hydrogen) atoms. The smallest absolute Gasteiger partial charge is 0.323 e. The molecular formula is C17H27N5O3. The van der Waals surface area contributed by atoms with Crippen LogP contribution in [0.5, 0.6) is 0 Å². The summed E-state index contributed by atoms with van der Waals surface area (Å²) in [6, 6.07) is 2.00. The summed E-state index contributed by atoms with van der Waals surface area (Å²) in [5.74, 6) is 0. The fourth-order valence-electron chi connectivity index (χ4n) is 3.78. The van der Waals surface area contributed by atoms with Crippen molar-refractivity contribution in [1.29, 1.82) is 0 Å². The lowest BCUT2D eigenvalue weighted by molar-refractivity contribution is 0.125. The number of amides is 2. The zero-order chi connectivity index (χ0) is 18.1. The maximum absolute atomic E-state index is 12.3. The molecule has 1 aromatic rings. The van der Waals surface area contributed by atoms with Crippen molar-refractivity contribution in [3.63, 3.8) is 0 Å². The molecule has 0 bridgehead atoms. The van der Waals surface area contributed by atoms with Gasteiger partial charge < -0.3 is 9.80 Å². The van der Waals surface area contributed by atoms with E-state index in [1.807, 2.05) is 16.7 Å². The van der Waals surface area contributed by atoms with Gasteiger partial charge in [-0.05, 0) is 19.8 Å². The van der Waals surface area contributed by atoms with E-state index in [9.17, 15) is 14.4 Å². The molecule has 0 spiro atoms. The van der Waals surface area contributed by atoms with Gasteiger partial charge in [-0.2, -0.15) is 0 Å². The molecule has 2 fully saturated rings. The van der Waals surface area contributed by atoms with Gasteiger partial charge in [-0.1, -0.05) is 0 Å². The molecular weight excluding hydrogens is 322 g/mol. The summed E-state index contributed by atoms with van der Waals surface area (Å²) in [6.07, 6.45) is 1.87. The van der Waals surface area contributed by atoms with Crippen LogP contribution < -0.4 is 11.2 Å². The zero-order valence-corrected chi connectivity index (χ0v) is 15.3. The molecule has 0 atom stereocenters. The first kappa shape index (κ1) is 17.7. The van der Waals surface area contributed by atoms with Crippen LogP contribution in [0, 0.1) is 0 Å². The van der Waals surface area contributed by atoms with E-state index >= 15 is 0 Å². The second-order valence-corrected chi connectivity index (χ2v) is 6.94. The highest BCUT2D eigenvalue weighted by Crippen LogP contribution is 2.22. The maximum atomic E-state index is 12.3. The Hall–Kier alpha value is -2.09. The van der Waals surface area contributed by atoms with Crippen molar-refractivity contribution in [2.75, 3.05) is 32.7 Å². The number of nitrogens with zero attached hydrogens (tertiary/aromatic N) is 5. The highest BCUT2D eigenvalue weighted by atomic mass is 16.2. The normalized spacial score (nSPS) is 19.9. The minimum Gasteiger partial charge on any atom is -0.323 e. The molecule has 1 aromatic heterocycles. The van der Waals surface area contributed by atoms with Gasteiger partial charge in [0.1, 0.15) is 0 Å². The Morgan fingerprint density at radius 2 is 1.68 bits per heavy atom. The summed E-state index contributed by atoms with van der Waals surface area (Å²) < 4.78 is 2.66. The summed E-state index contributed by atoms with van der Waals surface area (Å²) >= 11 is 0. The molecule has 0 N–H and O–H groups in total. The highest BCUT2D eigenvalue weighted by molar-refractivity contribution is 5.76. The second kappa shape index (κ2) is 7.03. The molecule has 0 aromatic carbocycles. The molecule has 3 heterocycles. The molecule has 0 radical (unpaired) electrons. The maximum Gasteiger partial charge on any atom is 0.330 e. The molecule has 8 heteroatoms. The van der Waals surface area contributed by atoms with Crippen LogP contribution in [0.15, 0.2) is 15.7 Å². The first-order chi connectivity index (χ1) is 11.9. The lowest BCUT2D eigenvalue weighted by Gasteiger charge is -2.36. The Balaban J connectivity index is 1.61. The fraction of sp³-hybridized carbons (Fsp3) is 0.706. The Kier molecular flexibility index (Phi) is 4.99. The number of hydrogen-bond donors (Lipinski definition) is 0. The average molecular weight is 349 g/mol. The molecule has 2 aliphatic rings. The lowest BCUT2D eigenvalue weighted by atomic mass is 10.0. The van der Waals surface area contributed by atoms with Crippen LogP contribution in [-0.4, -0.2) is 68.6 Å². The van der Waals surface area contributed by atoms with Crippen LogP contribution in [0.4, 0.5) is 4.79 Å². The summed E-state index contributed by atoms with van der Waals surface area (Å²) in [5, 5.41) is 0. The van der Waals surface area contributed by atoms with E-state index in [0.29, 0.717) is 12.6 Å². The topological polar surface area (TPSA) is 70.8 Å². The van der Waals surface area contributed by atoms with Crippen LogP contribution in [0.25, 0.3) is 0 Å². The van der Waals surface area contributed by atoms with Crippen molar-refractivity contribution >= 4 is 6.03 Å². The van der Waals surface area contributed by atoms with Gasteiger partial charge in [0.05, 0.1) is 0 Å². The molecule has 2 amide bonds. The highest BCUT2D eigenvalue weighted by Gasteiger charge is 2.34. The molecule has 0 unspecified atom stereocenters. The predicted molar refractivity (Wildman–Crippen MR) is 94.6 cm³/mol. The van der Waals surface area contributed by atoms with Crippen molar-refractivity contribution in [2.45, 2.75) is 32.4 Å². The van der Waals surface area contributed by atoms with Gasteiger partial charge >= 0.3 is 11.7 Å². The van der Waals surface area contributed by atoms with E-state index in [-0.39, 0.29) is 17.3 Å². The van der Waals surface area contributed by atoms with Crippen molar-refractivity contribution in [3.8, 4) is 0 Å². The van der Waals surface area contributed by atoms with Gasteiger partial charge in [-0.3, -0.25) is 18.8 Å². The Bertz CT molecular complexity index is 761. The number of likely N-dealkylation sites (tertiary alicyclic amines) is 1. The van der Waals surface area contributed by atoms with Crippen LogP contribution in [0.3, 0.4) is 0 Å². The van der Waals surface area contributed by atoms with Gasteiger partial charge in [0.15, 0.2) is 0 Å². The van der Waals surface area contributed by atoms with Crippen LogP contribution in [0.1, 0.15) is 25.5 Å². The SMILES string of the molecule is CCN1CCN(C2CCN(Cc3cc(=O)n(C)c(=O)n3C)CC2)C1=O. The first-order valence-electron chi connectivity index (χ1n) is 8.96. The molecule has 8 nitrogen and oxygen atoms in total. The minimum atomic E-state index is -0.292. The van der Waals surface area contributed by atoms with Gasteiger partial charge in [0.2, 0.25) is 0 Å². The largest absolute Gasteiger partial charge is 0.330 e. The van der Waals surface area contributed by atoms with Crippen molar-refractivity contribution in [3.05, 3.63) is 32.6 Å². The minimum absolute atomic E-state index is 0.162. The average Bonchev–Trinajstić information content (AvgIpc) is 2.99. The number of carbonyl (C=O) groups is 1. The third kappa shape index (κ3) is 3.35. The van der Waals surface area contributed by atoms with Crippen molar-refractivity contribution < 1.29 is 4.79 Å². The monoisotopic (exact) mass is 349 g/mol. The van der Waals surface area contributed by atoms with E-state index in [0.717, 1.165) is 55.8 Å². The molecule has 138 valence electrons. The fourth-order valence-corrected chi connectivity index (χ4v) is 3.78. The molecule has 0 saturated carbocycles. The number of carbonyl (C=O) groups excluding carboxylic acids is 1. The number of aromatic nitrogens is 2. The number of piperidine rings is 1. The standard InChI is InChI=1S/C17H27N5O3/c1-4-21-9-10-22(17(21)25)13-5-7-20(8-6-13)12-14-11-15(23)19(3)16(24)18(14)2/h11,13H,4-10,12H2,1-3H3. The van der Waals surface area contributed by atoms with Gasteiger partial charge in [0.25, 0.3) is 5.56 Å². The Morgan fingerprint density at radius 1 is 1.00 bits per heavy atom. The third-order valence-electron chi connectivity index (χ3n) is 5.52. The lowest BCUT2D eigenvalue weighted by Crippen LogP contribution is -2.47.